The summed E-state index contributed by atoms with van der Waals surface area (Å²) in [6.07, 6.45) is -4.91. The molecule has 0 bridgehead atoms. The summed E-state index contributed by atoms with van der Waals surface area (Å²) in [5.41, 5.74) is -3.76. The SMILES string of the molecule is C[Si](C)(C)OC(c1ccccc1)(c1cc(F)cc(F)c1)C(F)(F)F. The van der Waals surface area contributed by atoms with Crippen LogP contribution < -0.4 is 0 Å². The molecule has 0 aromatic heterocycles. The number of alkyl halides is 3. The lowest BCUT2D eigenvalue weighted by Crippen LogP contribution is -2.51. The first-order valence-corrected chi connectivity index (χ1v) is 10.7. The van der Waals surface area contributed by atoms with E-state index in [2.05, 4.69) is 0 Å². The summed E-state index contributed by atoms with van der Waals surface area (Å²) in [6, 6.07) is 8.79. The van der Waals surface area contributed by atoms with Gasteiger partial charge in [-0.2, -0.15) is 13.2 Å². The summed E-state index contributed by atoms with van der Waals surface area (Å²) in [5.74, 6) is -2.18. The van der Waals surface area contributed by atoms with Crippen molar-refractivity contribution in [3.8, 4) is 0 Å². The molecule has 0 amide bonds. The third kappa shape index (κ3) is 3.67. The molecule has 2 rings (SSSR count). The Bertz CT molecular complexity index is 689. The molecule has 1 unspecified atom stereocenters. The van der Waals surface area contributed by atoms with Gasteiger partial charge in [-0.05, 0) is 37.3 Å². The molecular formula is C17H17F5OSi. The van der Waals surface area contributed by atoms with Crippen molar-refractivity contribution < 1.29 is 26.4 Å². The predicted molar refractivity (Wildman–Crippen MR) is 84.1 cm³/mol. The summed E-state index contributed by atoms with van der Waals surface area (Å²) < 4.78 is 75.4. The van der Waals surface area contributed by atoms with Gasteiger partial charge in [-0.1, -0.05) is 30.3 Å². The fourth-order valence-corrected chi connectivity index (χ4v) is 3.83. The highest BCUT2D eigenvalue weighted by Crippen LogP contribution is 2.49. The molecule has 0 radical (unpaired) electrons. The second-order valence-corrected chi connectivity index (χ2v) is 10.8. The van der Waals surface area contributed by atoms with E-state index in [9.17, 15) is 22.0 Å². The quantitative estimate of drug-likeness (QED) is 0.508. The van der Waals surface area contributed by atoms with Crippen molar-refractivity contribution >= 4 is 8.32 Å². The molecular weight excluding hydrogens is 343 g/mol. The molecule has 7 heteroatoms. The van der Waals surface area contributed by atoms with Crippen molar-refractivity contribution in [2.75, 3.05) is 0 Å². The van der Waals surface area contributed by atoms with E-state index in [1.165, 1.54) is 24.3 Å². The Morgan fingerprint density at radius 2 is 1.29 bits per heavy atom. The zero-order valence-electron chi connectivity index (χ0n) is 13.4. The van der Waals surface area contributed by atoms with Crippen molar-refractivity contribution in [1.82, 2.24) is 0 Å². The highest BCUT2D eigenvalue weighted by molar-refractivity contribution is 6.69. The number of halogens is 5. The number of hydrogen-bond acceptors (Lipinski definition) is 1. The Morgan fingerprint density at radius 3 is 1.71 bits per heavy atom. The van der Waals surface area contributed by atoms with Crippen LogP contribution in [-0.4, -0.2) is 14.5 Å². The van der Waals surface area contributed by atoms with Gasteiger partial charge in [0, 0.05) is 11.6 Å². The average molecular weight is 360 g/mol. The molecule has 130 valence electrons. The first-order valence-electron chi connectivity index (χ1n) is 7.25. The van der Waals surface area contributed by atoms with E-state index in [4.69, 9.17) is 4.43 Å². The largest absolute Gasteiger partial charge is 0.425 e. The van der Waals surface area contributed by atoms with Gasteiger partial charge in [-0.25, -0.2) is 8.78 Å². The summed E-state index contributed by atoms with van der Waals surface area (Å²) in [7, 11) is -2.77. The lowest BCUT2D eigenvalue weighted by atomic mass is 9.85. The fraction of sp³-hybridized carbons (Fsp3) is 0.294. The predicted octanol–water partition coefficient (Wildman–Crippen LogP) is 5.62. The zero-order chi connectivity index (χ0) is 18.2. The summed E-state index contributed by atoms with van der Waals surface area (Å²) in [4.78, 5) is 0. The van der Waals surface area contributed by atoms with Crippen LogP contribution in [0.1, 0.15) is 11.1 Å². The van der Waals surface area contributed by atoms with Gasteiger partial charge in [0.25, 0.3) is 0 Å². The minimum Gasteiger partial charge on any atom is -0.397 e. The molecule has 0 aliphatic carbocycles. The highest BCUT2D eigenvalue weighted by Gasteiger charge is 2.60. The first kappa shape index (κ1) is 18.6. The molecule has 0 aliphatic heterocycles. The van der Waals surface area contributed by atoms with Crippen molar-refractivity contribution in [3.05, 3.63) is 71.3 Å². The number of hydrogen-bond donors (Lipinski definition) is 0. The van der Waals surface area contributed by atoms with Crippen molar-refractivity contribution in [2.45, 2.75) is 31.4 Å². The van der Waals surface area contributed by atoms with E-state index < -0.39 is 37.3 Å². The smallest absolute Gasteiger partial charge is 0.397 e. The maximum Gasteiger partial charge on any atom is 0.425 e. The van der Waals surface area contributed by atoms with Crippen LogP contribution in [0, 0.1) is 11.6 Å². The van der Waals surface area contributed by atoms with Crippen LogP contribution in [-0.2, 0) is 10.0 Å². The van der Waals surface area contributed by atoms with Crippen LogP contribution >= 0.6 is 0 Å². The van der Waals surface area contributed by atoms with Crippen LogP contribution in [0.15, 0.2) is 48.5 Å². The monoisotopic (exact) mass is 360 g/mol. The molecule has 0 heterocycles. The Kier molecular flexibility index (Phi) is 4.88. The van der Waals surface area contributed by atoms with E-state index in [1.807, 2.05) is 0 Å². The van der Waals surface area contributed by atoms with Gasteiger partial charge in [0.2, 0.25) is 5.60 Å². The summed E-state index contributed by atoms with van der Waals surface area (Å²) >= 11 is 0. The maximum absolute atomic E-state index is 14.2. The zero-order valence-corrected chi connectivity index (χ0v) is 14.4. The van der Waals surface area contributed by atoms with E-state index in [-0.39, 0.29) is 5.56 Å². The van der Waals surface area contributed by atoms with Crippen LogP contribution in [0.5, 0.6) is 0 Å². The molecule has 0 saturated heterocycles. The van der Waals surface area contributed by atoms with Gasteiger partial charge < -0.3 is 4.43 Å². The van der Waals surface area contributed by atoms with Crippen molar-refractivity contribution in [2.24, 2.45) is 0 Å². The fourth-order valence-electron chi connectivity index (χ4n) is 2.56. The second kappa shape index (κ2) is 6.29. The molecule has 0 saturated carbocycles. The molecule has 2 aromatic carbocycles. The molecule has 1 nitrogen and oxygen atoms in total. The van der Waals surface area contributed by atoms with Crippen LogP contribution in [0.25, 0.3) is 0 Å². The molecule has 0 fully saturated rings. The normalized spacial score (nSPS) is 15.2. The molecule has 1 atom stereocenters. The number of benzene rings is 2. The molecule has 2 aromatic rings. The van der Waals surface area contributed by atoms with E-state index in [1.54, 1.807) is 25.7 Å². The standard InChI is InChI=1S/C17H17F5OSi/c1-24(2,3)23-16(17(20,21)22,12-7-5-4-6-8-12)13-9-14(18)11-15(19)10-13/h4-11H,1-3H3. The third-order valence-electron chi connectivity index (χ3n) is 3.31. The Morgan fingerprint density at radius 1 is 0.792 bits per heavy atom. The number of rotatable bonds is 4. The van der Waals surface area contributed by atoms with Gasteiger partial charge >= 0.3 is 6.18 Å². The summed E-state index contributed by atoms with van der Waals surface area (Å²) in [5, 5.41) is 0. The maximum atomic E-state index is 14.2. The minimum absolute atomic E-state index is 0.218. The third-order valence-corrected chi connectivity index (χ3v) is 4.23. The molecule has 0 spiro atoms. The minimum atomic E-state index is -4.91. The summed E-state index contributed by atoms with van der Waals surface area (Å²) in [6.45, 7) is 4.77. The van der Waals surface area contributed by atoms with Crippen LogP contribution in [0.4, 0.5) is 22.0 Å². The molecule has 0 N–H and O–H groups in total. The second-order valence-electron chi connectivity index (χ2n) is 6.42. The lowest BCUT2D eigenvalue weighted by Gasteiger charge is -2.41. The first-order chi connectivity index (χ1) is 11.0. The lowest BCUT2D eigenvalue weighted by molar-refractivity contribution is -0.240. The van der Waals surface area contributed by atoms with E-state index in [0.717, 1.165) is 0 Å². The topological polar surface area (TPSA) is 9.23 Å². The average Bonchev–Trinajstić information content (AvgIpc) is 2.42. The van der Waals surface area contributed by atoms with E-state index in [0.29, 0.717) is 18.2 Å². The van der Waals surface area contributed by atoms with E-state index >= 15 is 0 Å². The van der Waals surface area contributed by atoms with Gasteiger partial charge in [-0.15, -0.1) is 0 Å². The van der Waals surface area contributed by atoms with Gasteiger partial charge in [0.05, 0.1) is 0 Å². The Hall–Kier alpha value is -1.73. The van der Waals surface area contributed by atoms with Gasteiger partial charge in [-0.3, -0.25) is 0 Å². The Labute approximate surface area is 138 Å². The molecule has 24 heavy (non-hydrogen) atoms. The van der Waals surface area contributed by atoms with Crippen molar-refractivity contribution in [1.29, 1.82) is 0 Å². The van der Waals surface area contributed by atoms with Crippen LogP contribution in [0.3, 0.4) is 0 Å². The Balaban J connectivity index is 2.85. The van der Waals surface area contributed by atoms with Crippen LogP contribution in [0.2, 0.25) is 19.6 Å². The molecule has 0 aliphatic rings. The van der Waals surface area contributed by atoms with Gasteiger partial charge in [0.1, 0.15) is 11.6 Å². The van der Waals surface area contributed by atoms with Crippen molar-refractivity contribution in [3.63, 3.8) is 0 Å². The van der Waals surface area contributed by atoms with Gasteiger partial charge in [0.15, 0.2) is 8.32 Å². The highest BCUT2D eigenvalue weighted by atomic mass is 28.4.